The lowest BCUT2D eigenvalue weighted by atomic mass is 10.1. The Labute approximate surface area is 162 Å². The van der Waals surface area contributed by atoms with Crippen LogP contribution in [0.15, 0.2) is 54.6 Å². The summed E-state index contributed by atoms with van der Waals surface area (Å²) in [6.07, 6.45) is 0. The zero-order valence-corrected chi connectivity index (χ0v) is 15.8. The Hall–Kier alpha value is -1.82. The van der Waals surface area contributed by atoms with Crippen molar-refractivity contribution >= 4 is 42.3 Å². The first-order chi connectivity index (χ1) is 12.7. The Morgan fingerprint density at radius 1 is 0.893 bits per heavy atom. The maximum Gasteiger partial charge on any atom is 0.601 e. The van der Waals surface area contributed by atoms with Crippen LogP contribution in [0.5, 0.6) is 0 Å². The van der Waals surface area contributed by atoms with Gasteiger partial charge in [0.05, 0.1) is 0 Å². The molecule has 0 fully saturated rings. The average molecular weight is 463 g/mol. The van der Waals surface area contributed by atoms with Crippen molar-refractivity contribution in [2.75, 3.05) is 0 Å². The summed E-state index contributed by atoms with van der Waals surface area (Å²) in [6, 6.07) is 14.8. The highest BCUT2D eigenvalue weighted by atomic mass is 35.5. The van der Waals surface area contributed by atoms with Gasteiger partial charge in [0.15, 0.2) is 19.7 Å². The minimum atomic E-state index is -6.09. The summed E-state index contributed by atoms with van der Waals surface area (Å²) in [5, 5.41) is 1.15. The van der Waals surface area contributed by atoms with E-state index in [4.69, 9.17) is 24.6 Å². The van der Waals surface area contributed by atoms with Crippen molar-refractivity contribution in [2.45, 2.75) is 11.0 Å². The van der Waals surface area contributed by atoms with Gasteiger partial charge in [-0.15, -0.1) is 13.2 Å². The maximum absolute atomic E-state index is 13.4. The second-order valence-electron chi connectivity index (χ2n) is 5.21. The third-order valence-electron chi connectivity index (χ3n) is 3.29. The quantitative estimate of drug-likeness (QED) is 0.181. The van der Waals surface area contributed by atoms with Crippen LogP contribution in [0.2, 0.25) is 5.02 Å². The molecule has 12 heteroatoms. The lowest BCUT2D eigenvalue weighted by Gasteiger charge is -2.08. The average Bonchev–Trinajstić information content (AvgIpc) is 2.93. The van der Waals surface area contributed by atoms with Crippen LogP contribution in [0.4, 0.5) is 26.3 Å². The molecule has 0 aliphatic rings. The van der Waals surface area contributed by atoms with E-state index in [0.717, 1.165) is 0 Å². The second-order valence-corrected chi connectivity index (χ2v) is 8.97. The van der Waals surface area contributed by atoms with Crippen LogP contribution in [0.3, 0.4) is 0 Å². The molecule has 2 aromatic carbocycles. The summed E-state index contributed by atoms with van der Waals surface area (Å²) < 4.78 is 99.4. The molecule has 0 saturated heterocycles. The molecular formula is C16H9ClF6O3S2. The van der Waals surface area contributed by atoms with Crippen molar-refractivity contribution in [3.8, 4) is 10.4 Å². The van der Waals surface area contributed by atoms with E-state index in [1.807, 2.05) is 0 Å². The van der Waals surface area contributed by atoms with Crippen molar-refractivity contribution in [2.24, 2.45) is 0 Å². The molecule has 0 N–H and O–H groups in total. The third-order valence-corrected chi connectivity index (χ3v) is 6.18. The van der Waals surface area contributed by atoms with Crippen LogP contribution in [-0.4, -0.2) is 18.5 Å². The van der Waals surface area contributed by atoms with Crippen molar-refractivity contribution in [3.63, 3.8) is 0 Å². The molecule has 3 rings (SSSR count). The van der Waals surface area contributed by atoms with Gasteiger partial charge < -0.3 is 4.55 Å². The summed E-state index contributed by atoms with van der Waals surface area (Å²) >= 11 is 5.79. The van der Waals surface area contributed by atoms with E-state index in [0.29, 0.717) is 25.5 Å². The van der Waals surface area contributed by atoms with Gasteiger partial charge in [-0.25, -0.2) is 8.42 Å². The van der Waals surface area contributed by atoms with Gasteiger partial charge in [0, 0.05) is 22.0 Å². The first-order valence-corrected chi connectivity index (χ1v) is 10.1. The summed E-state index contributed by atoms with van der Waals surface area (Å²) in [6.45, 7) is 0. The molecule has 1 aromatic heterocycles. The smallest absolute Gasteiger partial charge is 0.601 e. The lowest BCUT2D eigenvalue weighted by Crippen LogP contribution is -2.21. The van der Waals surface area contributed by atoms with Gasteiger partial charge in [-0.1, -0.05) is 23.7 Å². The summed E-state index contributed by atoms with van der Waals surface area (Å²) in [5.41, 5.74) is -9.36. The van der Waals surface area contributed by atoms with Crippen molar-refractivity contribution < 1.29 is 39.3 Å². The molecule has 0 radical (unpaired) electrons. The van der Waals surface area contributed by atoms with E-state index in [9.17, 15) is 26.3 Å². The molecule has 0 spiro atoms. The first-order valence-electron chi connectivity index (χ1n) is 7.12. The SMILES string of the molecule is FC(F)(F)[s+]1c(-c2ccc(Cl)cc2)cc2ccccc21.O=S(=O)([O-])C(F)(F)F. The lowest BCUT2D eigenvalue weighted by molar-refractivity contribution is -0.0864. The molecule has 0 saturated carbocycles. The number of hydrogen-bond acceptors (Lipinski definition) is 3. The first kappa shape index (κ1) is 22.5. The largest absolute Gasteiger partial charge is 0.741 e. The standard InChI is InChI=1S/C15H9ClF3S.CHF3O3S/c16-12-7-5-10(6-8-12)14-9-11-3-1-2-4-13(11)20(14)15(17,18)19;2-1(3,4)8(5,6)7/h1-9H;(H,5,6,7)/q+1;/p-1. The predicted molar refractivity (Wildman–Crippen MR) is 93.9 cm³/mol. The predicted octanol–water partition coefficient (Wildman–Crippen LogP) is 6.44. The van der Waals surface area contributed by atoms with Crippen molar-refractivity contribution in [1.82, 2.24) is 0 Å². The molecule has 3 aromatic rings. The molecule has 28 heavy (non-hydrogen) atoms. The van der Waals surface area contributed by atoms with Gasteiger partial charge in [0.25, 0.3) is 0 Å². The van der Waals surface area contributed by atoms with Gasteiger partial charge in [-0.3, -0.25) is 0 Å². The molecule has 0 bridgehead atoms. The number of alkyl halides is 6. The summed E-state index contributed by atoms with van der Waals surface area (Å²) in [7, 11) is -7.99. The topological polar surface area (TPSA) is 57.2 Å². The number of fused-ring (bicyclic) bond motifs is 1. The molecular weight excluding hydrogens is 454 g/mol. The Morgan fingerprint density at radius 2 is 1.39 bits per heavy atom. The van der Waals surface area contributed by atoms with Crippen LogP contribution in [0, 0.1) is 0 Å². The van der Waals surface area contributed by atoms with Crippen molar-refractivity contribution in [1.29, 1.82) is 0 Å². The molecule has 0 aliphatic heterocycles. The number of hydrogen-bond donors (Lipinski definition) is 0. The van der Waals surface area contributed by atoms with Gasteiger partial charge in [0.2, 0.25) is 0 Å². The number of halogens is 7. The van der Waals surface area contributed by atoms with E-state index in [2.05, 4.69) is 0 Å². The highest BCUT2D eigenvalue weighted by molar-refractivity contribution is 7.86. The molecule has 0 aliphatic carbocycles. The fourth-order valence-electron chi connectivity index (χ4n) is 2.17. The van der Waals surface area contributed by atoms with Gasteiger partial charge in [0.1, 0.15) is 10.5 Å². The van der Waals surface area contributed by atoms with Crippen molar-refractivity contribution in [3.05, 3.63) is 59.6 Å². The zero-order chi connectivity index (χ0) is 21.3. The van der Waals surface area contributed by atoms with Gasteiger partial charge >= 0.3 is 11.0 Å². The minimum Gasteiger partial charge on any atom is -0.741 e. The van der Waals surface area contributed by atoms with Gasteiger partial charge in [-0.2, -0.15) is 13.2 Å². The highest BCUT2D eigenvalue weighted by Crippen LogP contribution is 2.54. The molecule has 152 valence electrons. The van der Waals surface area contributed by atoms with E-state index in [1.165, 1.54) is 0 Å². The van der Waals surface area contributed by atoms with Crippen LogP contribution in [-0.2, 0) is 15.6 Å². The van der Waals surface area contributed by atoms with Crippen LogP contribution < -0.4 is 0 Å². The molecule has 1 unspecified atom stereocenters. The summed E-state index contributed by atoms with van der Waals surface area (Å²) in [4.78, 5) is 0.301. The normalized spacial score (nSPS) is 13.2. The third kappa shape index (κ3) is 5.16. The van der Waals surface area contributed by atoms with E-state index in [-0.39, 0.29) is 0 Å². The second kappa shape index (κ2) is 7.90. The minimum absolute atomic E-state index is 0.301. The number of thiophene rings is 1. The van der Waals surface area contributed by atoms with Gasteiger partial charge in [-0.05, 0) is 36.4 Å². The fourth-order valence-corrected chi connectivity index (χ4v) is 4.22. The highest BCUT2D eigenvalue weighted by Gasteiger charge is 2.48. The Bertz CT molecular complexity index is 1070. The van der Waals surface area contributed by atoms with Crippen LogP contribution in [0.1, 0.15) is 0 Å². The van der Waals surface area contributed by atoms with Crippen LogP contribution >= 0.6 is 22.1 Å². The van der Waals surface area contributed by atoms with E-state index >= 15 is 0 Å². The molecule has 1 atom stereocenters. The Balaban J connectivity index is 0.000000300. The Kier molecular flexibility index (Phi) is 6.34. The van der Waals surface area contributed by atoms with Crippen LogP contribution in [0.25, 0.3) is 20.5 Å². The molecule has 0 amide bonds. The maximum atomic E-state index is 13.4. The monoisotopic (exact) mass is 462 g/mol. The zero-order valence-electron chi connectivity index (χ0n) is 13.4. The Morgan fingerprint density at radius 3 is 1.86 bits per heavy atom. The molecule has 3 nitrogen and oxygen atoms in total. The summed E-state index contributed by atoms with van der Waals surface area (Å²) in [5.74, 6) is 0. The number of benzene rings is 2. The van der Waals surface area contributed by atoms with E-state index in [1.54, 1.807) is 54.6 Å². The van der Waals surface area contributed by atoms with E-state index < -0.39 is 31.6 Å². The fraction of sp³-hybridized carbons (Fsp3) is 0.125. The molecule has 1 heterocycles. The number of rotatable bonds is 1.